The average molecular weight is 602 g/mol. The van der Waals surface area contributed by atoms with Gasteiger partial charge in [-0.25, -0.2) is 15.0 Å². The van der Waals surface area contributed by atoms with Crippen LogP contribution in [0.15, 0.2) is 164 Å². The molecule has 9 rings (SSSR count). The number of aromatic nitrogens is 5. The zero-order valence-corrected chi connectivity index (χ0v) is 25.3. The topological polar surface area (TPSA) is 56.5 Å². The summed E-state index contributed by atoms with van der Waals surface area (Å²) < 4.78 is 2.26. The van der Waals surface area contributed by atoms with E-state index < -0.39 is 0 Å². The maximum absolute atomic E-state index is 5.39. The Morgan fingerprint density at radius 1 is 0.426 bits per heavy atom. The Morgan fingerprint density at radius 3 is 1.94 bits per heavy atom. The Balaban J connectivity index is 1.27. The Kier molecular flexibility index (Phi) is 6.39. The molecule has 5 nitrogen and oxygen atoms in total. The molecule has 4 heterocycles. The highest BCUT2D eigenvalue weighted by Gasteiger charge is 2.20. The molecule has 5 aromatic carbocycles. The molecule has 0 saturated heterocycles. The standard InChI is InChI=1S/C42H27N5/c1-3-12-30(13-4-1)42-46-41-38(47(42)31-14-5-2-6-15-31)26-25-33-32-16-7-8-17-35(32)45-40(39(33)41)29-23-21-28(22-24-29)34-19-11-20-37(44-34)36-18-9-10-27-43-36/h1-27H. The lowest BCUT2D eigenvalue weighted by Crippen LogP contribution is -1.97. The normalized spacial score (nSPS) is 11.4. The molecule has 0 amide bonds. The summed E-state index contributed by atoms with van der Waals surface area (Å²) in [7, 11) is 0. The second kappa shape index (κ2) is 11.2. The van der Waals surface area contributed by atoms with Gasteiger partial charge in [0.15, 0.2) is 0 Å². The molecule has 0 fully saturated rings. The van der Waals surface area contributed by atoms with Crippen LogP contribution in [-0.2, 0) is 0 Å². The monoisotopic (exact) mass is 601 g/mol. The van der Waals surface area contributed by atoms with Crippen molar-refractivity contribution < 1.29 is 0 Å². The summed E-state index contributed by atoms with van der Waals surface area (Å²) in [5, 5.41) is 3.27. The summed E-state index contributed by atoms with van der Waals surface area (Å²) in [5.41, 5.74) is 10.6. The third kappa shape index (κ3) is 4.64. The van der Waals surface area contributed by atoms with Crippen LogP contribution in [0.5, 0.6) is 0 Å². The van der Waals surface area contributed by atoms with Crippen LogP contribution in [0.3, 0.4) is 0 Å². The van der Waals surface area contributed by atoms with Gasteiger partial charge < -0.3 is 0 Å². The van der Waals surface area contributed by atoms with Gasteiger partial charge in [0.05, 0.1) is 39.3 Å². The SMILES string of the molecule is c1ccc(-c2nc3c4c(-c5ccc(-c6cccc(-c7ccccn7)n6)cc5)nc5ccccc5c4ccc3n2-c2ccccc2)cc1. The van der Waals surface area contributed by atoms with E-state index in [1.54, 1.807) is 6.20 Å². The van der Waals surface area contributed by atoms with Crippen LogP contribution in [0.4, 0.5) is 0 Å². The first-order valence-corrected chi connectivity index (χ1v) is 15.7. The number of benzene rings is 5. The first-order chi connectivity index (χ1) is 23.3. The number of para-hydroxylation sites is 2. The highest BCUT2D eigenvalue weighted by molar-refractivity contribution is 6.20. The zero-order valence-electron chi connectivity index (χ0n) is 25.3. The van der Waals surface area contributed by atoms with Crippen LogP contribution in [0.1, 0.15) is 0 Å². The first kappa shape index (κ1) is 26.9. The van der Waals surface area contributed by atoms with E-state index in [2.05, 4.69) is 113 Å². The van der Waals surface area contributed by atoms with Crippen LogP contribution in [0.25, 0.3) is 83.7 Å². The Hall–Kier alpha value is -6.46. The van der Waals surface area contributed by atoms with Gasteiger partial charge in [0.2, 0.25) is 0 Å². The fraction of sp³-hybridized carbons (Fsp3) is 0. The van der Waals surface area contributed by atoms with Gasteiger partial charge in [-0.05, 0) is 53.9 Å². The van der Waals surface area contributed by atoms with Gasteiger partial charge in [-0.3, -0.25) is 9.55 Å². The van der Waals surface area contributed by atoms with Crippen molar-refractivity contribution in [1.82, 2.24) is 24.5 Å². The minimum atomic E-state index is 0.847. The molecule has 220 valence electrons. The number of hydrogen-bond donors (Lipinski definition) is 0. The molecule has 47 heavy (non-hydrogen) atoms. The van der Waals surface area contributed by atoms with Crippen LogP contribution in [0.2, 0.25) is 0 Å². The van der Waals surface area contributed by atoms with E-state index in [1.807, 2.05) is 54.6 Å². The molecule has 5 heteroatoms. The van der Waals surface area contributed by atoms with Crippen molar-refractivity contribution in [3.8, 4) is 51.0 Å². The van der Waals surface area contributed by atoms with Crippen molar-refractivity contribution in [3.63, 3.8) is 0 Å². The van der Waals surface area contributed by atoms with Crippen LogP contribution >= 0.6 is 0 Å². The van der Waals surface area contributed by atoms with Crippen LogP contribution in [0, 0.1) is 0 Å². The van der Waals surface area contributed by atoms with E-state index in [1.165, 1.54) is 0 Å². The van der Waals surface area contributed by atoms with Gasteiger partial charge in [-0.15, -0.1) is 0 Å². The predicted molar refractivity (Wildman–Crippen MR) is 191 cm³/mol. The van der Waals surface area contributed by atoms with E-state index in [-0.39, 0.29) is 0 Å². The van der Waals surface area contributed by atoms with Crippen LogP contribution in [-0.4, -0.2) is 24.5 Å². The Bertz CT molecular complexity index is 2540. The molecule has 0 aliphatic rings. The number of hydrogen-bond acceptors (Lipinski definition) is 4. The van der Waals surface area contributed by atoms with Crippen molar-refractivity contribution in [2.45, 2.75) is 0 Å². The van der Waals surface area contributed by atoms with Crippen molar-refractivity contribution >= 4 is 32.7 Å². The van der Waals surface area contributed by atoms with E-state index in [0.29, 0.717) is 0 Å². The molecule has 0 aliphatic carbocycles. The summed E-state index contributed by atoms with van der Waals surface area (Å²) in [4.78, 5) is 20.1. The molecule has 0 radical (unpaired) electrons. The molecule has 9 aromatic rings. The molecule has 0 unspecified atom stereocenters. The molecule has 0 bridgehead atoms. The number of imidazole rings is 1. The molecule has 0 saturated carbocycles. The highest BCUT2D eigenvalue weighted by atomic mass is 15.1. The minimum absolute atomic E-state index is 0.847. The van der Waals surface area contributed by atoms with Gasteiger partial charge in [0.1, 0.15) is 5.82 Å². The number of rotatable bonds is 5. The average Bonchev–Trinajstić information content (AvgIpc) is 3.56. The third-order valence-corrected chi connectivity index (χ3v) is 8.67. The maximum Gasteiger partial charge on any atom is 0.145 e. The number of fused-ring (bicyclic) bond motifs is 5. The molecular weight excluding hydrogens is 574 g/mol. The predicted octanol–water partition coefficient (Wildman–Crippen LogP) is 10.2. The van der Waals surface area contributed by atoms with Gasteiger partial charge in [0.25, 0.3) is 0 Å². The summed E-state index contributed by atoms with van der Waals surface area (Å²) in [6.45, 7) is 0. The highest BCUT2D eigenvalue weighted by Crippen LogP contribution is 2.40. The quantitative estimate of drug-likeness (QED) is 0.184. The molecule has 0 spiro atoms. The molecular formula is C42H27N5. The lowest BCUT2D eigenvalue weighted by molar-refractivity contribution is 1.10. The molecule has 0 atom stereocenters. The lowest BCUT2D eigenvalue weighted by atomic mass is 9.97. The lowest BCUT2D eigenvalue weighted by Gasteiger charge is -2.12. The van der Waals surface area contributed by atoms with E-state index in [4.69, 9.17) is 15.0 Å². The zero-order chi connectivity index (χ0) is 31.2. The summed E-state index contributed by atoms with van der Waals surface area (Å²) >= 11 is 0. The largest absolute Gasteiger partial charge is 0.292 e. The number of nitrogens with zero attached hydrogens (tertiary/aromatic N) is 5. The molecule has 4 aromatic heterocycles. The van der Waals surface area contributed by atoms with E-state index in [0.717, 1.165) is 83.7 Å². The Morgan fingerprint density at radius 2 is 1.13 bits per heavy atom. The molecule has 0 aliphatic heterocycles. The second-order valence-electron chi connectivity index (χ2n) is 11.5. The van der Waals surface area contributed by atoms with Gasteiger partial charge in [0, 0.05) is 39.3 Å². The Labute approximate surface area is 271 Å². The minimum Gasteiger partial charge on any atom is -0.292 e. The summed E-state index contributed by atoms with van der Waals surface area (Å²) in [6.07, 6.45) is 1.79. The number of pyridine rings is 3. The first-order valence-electron chi connectivity index (χ1n) is 15.7. The van der Waals surface area contributed by atoms with E-state index >= 15 is 0 Å². The second-order valence-corrected chi connectivity index (χ2v) is 11.5. The van der Waals surface area contributed by atoms with Crippen molar-refractivity contribution in [2.24, 2.45) is 0 Å². The van der Waals surface area contributed by atoms with Gasteiger partial charge in [-0.1, -0.05) is 109 Å². The van der Waals surface area contributed by atoms with Crippen molar-refractivity contribution in [2.75, 3.05) is 0 Å². The maximum atomic E-state index is 5.39. The fourth-order valence-corrected chi connectivity index (χ4v) is 6.46. The molecule has 0 N–H and O–H groups in total. The van der Waals surface area contributed by atoms with Gasteiger partial charge in [-0.2, -0.15) is 0 Å². The van der Waals surface area contributed by atoms with E-state index in [9.17, 15) is 0 Å². The van der Waals surface area contributed by atoms with Crippen molar-refractivity contribution in [1.29, 1.82) is 0 Å². The smallest absolute Gasteiger partial charge is 0.145 e. The summed E-state index contributed by atoms with van der Waals surface area (Å²) in [5.74, 6) is 0.896. The summed E-state index contributed by atoms with van der Waals surface area (Å²) in [6, 6.07) is 54.1. The van der Waals surface area contributed by atoms with Crippen molar-refractivity contribution in [3.05, 3.63) is 164 Å². The van der Waals surface area contributed by atoms with Crippen LogP contribution < -0.4 is 0 Å². The fourth-order valence-electron chi connectivity index (χ4n) is 6.46. The third-order valence-electron chi connectivity index (χ3n) is 8.67. The van der Waals surface area contributed by atoms with Gasteiger partial charge >= 0.3 is 0 Å².